The Bertz CT molecular complexity index is 436. The predicted molar refractivity (Wildman–Crippen MR) is 77.6 cm³/mol. The zero-order valence-electron chi connectivity index (χ0n) is 12.0. The summed E-state index contributed by atoms with van der Waals surface area (Å²) in [6.45, 7) is 2.05. The quantitative estimate of drug-likeness (QED) is 0.890. The smallest absolute Gasteiger partial charge is 0.0850 e. The third kappa shape index (κ3) is 3.12. The van der Waals surface area contributed by atoms with Gasteiger partial charge in [-0.05, 0) is 39.2 Å². The van der Waals surface area contributed by atoms with Crippen molar-refractivity contribution in [1.82, 2.24) is 15.1 Å². The van der Waals surface area contributed by atoms with Crippen LogP contribution < -0.4 is 5.32 Å². The van der Waals surface area contributed by atoms with Crippen LogP contribution >= 0.6 is 11.6 Å². The number of hydrogen-bond acceptors (Lipinski definition) is 3. The minimum absolute atomic E-state index is 0.536. The van der Waals surface area contributed by atoms with E-state index in [9.17, 15) is 5.11 Å². The van der Waals surface area contributed by atoms with E-state index >= 15 is 0 Å². The molecule has 1 fully saturated rings. The first-order valence-corrected chi connectivity index (χ1v) is 7.47. The van der Waals surface area contributed by atoms with Gasteiger partial charge in [0, 0.05) is 19.5 Å². The van der Waals surface area contributed by atoms with E-state index in [2.05, 4.69) is 10.4 Å². The molecule has 0 saturated heterocycles. The fourth-order valence-corrected chi connectivity index (χ4v) is 3.30. The zero-order chi connectivity index (χ0) is 14.0. The maximum atomic E-state index is 10.7. The van der Waals surface area contributed by atoms with Crippen LogP contribution in [-0.4, -0.2) is 33.6 Å². The molecule has 0 radical (unpaired) electrons. The molecule has 2 rings (SSSR count). The van der Waals surface area contributed by atoms with Crippen molar-refractivity contribution in [2.24, 2.45) is 7.05 Å². The van der Waals surface area contributed by atoms with E-state index in [-0.39, 0.29) is 0 Å². The number of nitrogens with one attached hydrogen (secondary N) is 1. The monoisotopic (exact) mass is 285 g/mol. The summed E-state index contributed by atoms with van der Waals surface area (Å²) < 4.78 is 1.82. The maximum Gasteiger partial charge on any atom is 0.0850 e. The fraction of sp³-hybridized carbons (Fsp3) is 0.786. The summed E-state index contributed by atoms with van der Waals surface area (Å²) in [4.78, 5) is 0. The number of halogens is 1. The first-order valence-electron chi connectivity index (χ1n) is 7.09. The van der Waals surface area contributed by atoms with Crippen LogP contribution in [0.25, 0.3) is 0 Å². The van der Waals surface area contributed by atoms with Crippen molar-refractivity contribution >= 4 is 11.6 Å². The van der Waals surface area contributed by atoms with Gasteiger partial charge in [0.05, 0.1) is 22.0 Å². The lowest BCUT2D eigenvalue weighted by atomic mass is 9.79. The third-order valence-corrected chi connectivity index (χ3v) is 4.76. The van der Waals surface area contributed by atoms with Crippen molar-refractivity contribution in [3.05, 3.63) is 16.4 Å². The summed E-state index contributed by atoms with van der Waals surface area (Å²) in [5.74, 6) is 0. The largest absolute Gasteiger partial charge is 0.389 e. The lowest BCUT2D eigenvalue weighted by molar-refractivity contribution is -0.00389. The molecule has 1 aromatic heterocycles. The van der Waals surface area contributed by atoms with Crippen molar-refractivity contribution in [1.29, 1.82) is 0 Å². The van der Waals surface area contributed by atoms with E-state index in [1.807, 2.05) is 25.7 Å². The van der Waals surface area contributed by atoms with Crippen molar-refractivity contribution < 1.29 is 5.11 Å². The van der Waals surface area contributed by atoms with E-state index in [4.69, 9.17) is 11.6 Å². The van der Waals surface area contributed by atoms with E-state index in [1.165, 1.54) is 0 Å². The second-order valence-electron chi connectivity index (χ2n) is 5.65. The highest BCUT2D eigenvalue weighted by Gasteiger charge is 2.34. The molecule has 108 valence electrons. The zero-order valence-corrected chi connectivity index (χ0v) is 12.8. The van der Waals surface area contributed by atoms with E-state index in [1.54, 1.807) is 0 Å². The lowest BCUT2D eigenvalue weighted by Crippen LogP contribution is -2.42. The standard InChI is InChI=1S/C14H24ClN3O/c1-4-11-13(15)12(18(3)17-11)9-14(19)7-5-10(16-2)6-8-14/h10,16,19H,4-9H2,1-3H3. The van der Waals surface area contributed by atoms with E-state index in [0.29, 0.717) is 12.5 Å². The van der Waals surface area contributed by atoms with Crippen LogP contribution in [-0.2, 0) is 19.9 Å². The average Bonchev–Trinajstić information content (AvgIpc) is 2.67. The number of nitrogens with zero attached hydrogens (tertiary/aromatic N) is 2. The third-order valence-electron chi connectivity index (χ3n) is 4.32. The fourth-order valence-electron chi connectivity index (χ4n) is 2.94. The van der Waals surface area contributed by atoms with E-state index < -0.39 is 5.60 Å². The van der Waals surface area contributed by atoms with Gasteiger partial charge in [-0.1, -0.05) is 18.5 Å². The second-order valence-corrected chi connectivity index (χ2v) is 6.03. The normalized spacial score (nSPS) is 27.7. The molecule has 0 atom stereocenters. The summed E-state index contributed by atoms with van der Waals surface area (Å²) >= 11 is 6.36. The number of hydrogen-bond donors (Lipinski definition) is 2. The molecule has 19 heavy (non-hydrogen) atoms. The van der Waals surface area contributed by atoms with Gasteiger partial charge >= 0.3 is 0 Å². The Morgan fingerprint density at radius 2 is 2.11 bits per heavy atom. The molecule has 1 aliphatic rings. The molecular weight excluding hydrogens is 262 g/mol. The average molecular weight is 286 g/mol. The molecular formula is C14H24ClN3O. The molecule has 0 unspecified atom stereocenters. The Morgan fingerprint density at radius 3 is 2.58 bits per heavy atom. The number of aryl methyl sites for hydroxylation is 2. The van der Waals surface area contributed by atoms with Gasteiger partial charge in [-0.15, -0.1) is 0 Å². The van der Waals surface area contributed by atoms with Crippen molar-refractivity contribution in [2.45, 2.75) is 57.1 Å². The van der Waals surface area contributed by atoms with Gasteiger partial charge in [0.2, 0.25) is 0 Å². The summed E-state index contributed by atoms with van der Waals surface area (Å²) in [5, 5.41) is 19.2. The second kappa shape index (κ2) is 5.81. The van der Waals surface area contributed by atoms with Gasteiger partial charge < -0.3 is 10.4 Å². The van der Waals surface area contributed by atoms with Crippen molar-refractivity contribution in [3.63, 3.8) is 0 Å². The summed E-state index contributed by atoms with van der Waals surface area (Å²) in [6, 6.07) is 0.536. The predicted octanol–water partition coefficient (Wildman–Crippen LogP) is 2.07. The van der Waals surface area contributed by atoms with Crippen LogP contribution in [0.5, 0.6) is 0 Å². The number of aromatic nitrogens is 2. The van der Waals surface area contributed by atoms with Crippen LogP contribution in [0.4, 0.5) is 0 Å². The molecule has 1 aliphatic carbocycles. The SMILES string of the molecule is CCc1nn(C)c(CC2(O)CCC(NC)CC2)c1Cl. The first-order chi connectivity index (χ1) is 8.99. The highest BCUT2D eigenvalue weighted by Crippen LogP contribution is 2.34. The van der Waals surface area contributed by atoms with E-state index in [0.717, 1.165) is 48.5 Å². The molecule has 4 nitrogen and oxygen atoms in total. The maximum absolute atomic E-state index is 10.7. The minimum Gasteiger partial charge on any atom is -0.389 e. The molecule has 1 saturated carbocycles. The lowest BCUT2D eigenvalue weighted by Gasteiger charge is -2.36. The molecule has 0 amide bonds. The molecule has 0 spiro atoms. The molecule has 0 bridgehead atoms. The van der Waals surface area contributed by atoms with Gasteiger partial charge in [-0.3, -0.25) is 4.68 Å². The molecule has 1 aromatic rings. The van der Waals surface area contributed by atoms with Gasteiger partial charge in [0.1, 0.15) is 0 Å². The molecule has 5 heteroatoms. The van der Waals surface area contributed by atoms with Crippen molar-refractivity contribution in [3.8, 4) is 0 Å². The van der Waals surface area contributed by atoms with Crippen LogP contribution in [0, 0.1) is 0 Å². The summed E-state index contributed by atoms with van der Waals surface area (Å²) in [5.41, 5.74) is 1.26. The molecule has 2 N–H and O–H groups in total. The Hall–Kier alpha value is -0.580. The minimum atomic E-state index is -0.629. The summed E-state index contributed by atoms with van der Waals surface area (Å²) in [7, 11) is 3.89. The molecule has 0 aromatic carbocycles. The Labute approximate surface area is 120 Å². The van der Waals surface area contributed by atoms with Crippen LogP contribution in [0.3, 0.4) is 0 Å². The van der Waals surface area contributed by atoms with Gasteiger partial charge in [0.25, 0.3) is 0 Å². The Morgan fingerprint density at radius 1 is 1.47 bits per heavy atom. The summed E-state index contributed by atoms with van der Waals surface area (Å²) in [6.07, 6.45) is 5.11. The Balaban J connectivity index is 2.11. The van der Waals surface area contributed by atoms with Crippen LogP contribution in [0.2, 0.25) is 5.02 Å². The molecule has 0 aliphatic heterocycles. The Kier molecular flexibility index (Phi) is 4.54. The van der Waals surface area contributed by atoms with Crippen molar-refractivity contribution in [2.75, 3.05) is 7.05 Å². The highest BCUT2D eigenvalue weighted by atomic mass is 35.5. The van der Waals surface area contributed by atoms with Gasteiger partial charge in [-0.25, -0.2) is 0 Å². The molecule has 1 heterocycles. The number of aliphatic hydroxyl groups is 1. The number of rotatable bonds is 4. The first kappa shape index (κ1) is 14.8. The van der Waals surface area contributed by atoms with Gasteiger partial charge in [-0.2, -0.15) is 5.10 Å². The highest BCUT2D eigenvalue weighted by molar-refractivity contribution is 6.31. The topological polar surface area (TPSA) is 50.1 Å². The van der Waals surface area contributed by atoms with Crippen LogP contribution in [0.1, 0.15) is 44.0 Å². The van der Waals surface area contributed by atoms with Crippen LogP contribution in [0.15, 0.2) is 0 Å². The van der Waals surface area contributed by atoms with Gasteiger partial charge in [0.15, 0.2) is 0 Å².